The Morgan fingerprint density at radius 2 is 1.62 bits per heavy atom. The zero-order valence-electron chi connectivity index (χ0n) is 23.0. The van der Waals surface area contributed by atoms with Gasteiger partial charge < -0.3 is 19.6 Å². The monoisotopic (exact) mass is 589 g/mol. The number of methoxy groups -OCH3 is 1. The number of sulfonamides is 1. The molecule has 0 atom stereocenters. The van der Waals surface area contributed by atoms with Crippen molar-refractivity contribution in [3.8, 4) is 22.8 Å². The van der Waals surface area contributed by atoms with E-state index in [4.69, 9.17) is 14.3 Å². The highest BCUT2D eigenvalue weighted by atomic mass is 32.2. The topological polar surface area (TPSA) is 123 Å². The van der Waals surface area contributed by atoms with Crippen LogP contribution in [0.3, 0.4) is 0 Å². The standard InChI is InChI=1S/C30H31N5O6S/c1-39-26-12-14-28(15-13-26)42(37,38)35(41-22-36)25-8-6-24(7-9-25)33-30-20-29(31-21-32-30)23-4-10-27(11-5-23)40-19-18-34-16-2-3-17-34/h4-15,20-22H,2-3,16-19H2,1H3,(H,31,32,33). The Hall–Kier alpha value is -4.68. The molecule has 11 nitrogen and oxygen atoms in total. The number of rotatable bonds is 13. The van der Waals surface area contributed by atoms with Gasteiger partial charge in [-0.25, -0.2) is 9.97 Å². The first-order valence-corrected chi connectivity index (χ1v) is 14.8. The quantitative estimate of drug-likeness (QED) is 0.174. The first-order chi connectivity index (χ1) is 20.5. The van der Waals surface area contributed by atoms with E-state index in [2.05, 4.69) is 20.2 Å². The zero-order valence-corrected chi connectivity index (χ0v) is 23.9. The number of aromatic nitrogens is 2. The highest BCUT2D eigenvalue weighted by Crippen LogP contribution is 2.28. The Bertz CT molecular complexity index is 1580. The Kier molecular flexibility index (Phi) is 9.15. The molecule has 218 valence electrons. The van der Waals surface area contributed by atoms with Gasteiger partial charge in [-0.1, -0.05) is 4.47 Å². The van der Waals surface area contributed by atoms with Crippen molar-refractivity contribution in [2.24, 2.45) is 0 Å². The van der Waals surface area contributed by atoms with E-state index in [1.165, 1.54) is 62.7 Å². The molecule has 0 unspecified atom stereocenters. The van der Waals surface area contributed by atoms with Gasteiger partial charge in [0.05, 0.1) is 23.4 Å². The Balaban J connectivity index is 1.24. The maximum absolute atomic E-state index is 13.2. The van der Waals surface area contributed by atoms with Crippen LogP contribution in [-0.4, -0.2) is 63.1 Å². The molecule has 0 bridgehead atoms. The minimum Gasteiger partial charge on any atom is -0.497 e. The number of nitrogens with one attached hydrogen (secondary N) is 1. The molecule has 1 fully saturated rings. The van der Waals surface area contributed by atoms with E-state index >= 15 is 0 Å². The molecule has 1 aliphatic rings. The fraction of sp³-hybridized carbons (Fsp3) is 0.233. The SMILES string of the molecule is COc1ccc(S(=O)(=O)N(OC=O)c2ccc(Nc3cc(-c4ccc(OCCN5CCCC5)cc4)ncn3)cc2)cc1. The summed E-state index contributed by atoms with van der Waals surface area (Å²) >= 11 is 0. The van der Waals surface area contributed by atoms with Crippen molar-refractivity contribution in [3.05, 3.63) is 85.2 Å². The van der Waals surface area contributed by atoms with Crippen LogP contribution in [0.15, 0.2) is 90.1 Å². The van der Waals surface area contributed by atoms with Gasteiger partial charge in [-0.15, -0.1) is 0 Å². The van der Waals surface area contributed by atoms with Crippen LogP contribution in [-0.2, 0) is 19.7 Å². The fourth-order valence-electron chi connectivity index (χ4n) is 4.56. The Labute approximate surface area is 244 Å². The minimum absolute atomic E-state index is 0.0585. The fourth-order valence-corrected chi connectivity index (χ4v) is 5.78. The van der Waals surface area contributed by atoms with Crippen LogP contribution in [0.5, 0.6) is 11.5 Å². The van der Waals surface area contributed by atoms with E-state index in [0.29, 0.717) is 28.3 Å². The first-order valence-electron chi connectivity index (χ1n) is 13.4. The van der Waals surface area contributed by atoms with Crippen LogP contribution in [0.4, 0.5) is 17.2 Å². The maximum Gasteiger partial charge on any atom is 0.322 e. The number of hydrogen-bond acceptors (Lipinski definition) is 10. The van der Waals surface area contributed by atoms with Crippen LogP contribution >= 0.6 is 0 Å². The third kappa shape index (κ3) is 6.96. The molecule has 12 heteroatoms. The van der Waals surface area contributed by atoms with Crippen molar-refractivity contribution >= 4 is 33.7 Å². The number of likely N-dealkylation sites (tertiary alicyclic amines) is 1. The number of nitrogens with zero attached hydrogens (tertiary/aromatic N) is 4. The number of hydrogen-bond donors (Lipinski definition) is 1. The van der Waals surface area contributed by atoms with Crippen molar-refractivity contribution in [2.45, 2.75) is 17.7 Å². The summed E-state index contributed by atoms with van der Waals surface area (Å²) in [6, 6.07) is 21.7. The summed E-state index contributed by atoms with van der Waals surface area (Å²) < 4.78 is 37.9. The molecular formula is C30H31N5O6S. The lowest BCUT2D eigenvalue weighted by molar-refractivity contribution is -0.128. The molecule has 1 aromatic heterocycles. The lowest BCUT2D eigenvalue weighted by Gasteiger charge is -2.21. The molecule has 42 heavy (non-hydrogen) atoms. The Morgan fingerprint density at radius 3 is 2.29 bits per heavy atom. The smallest absolute Gasteiger partial charge is 0.322 e. The van der Waals surface area contributed by atoms with Crippen molar-refractivity contribution < 1.29 is 27.5 Å². The van der Waals surface area contributed by atoms with Crippen LogP contribution in [0.2, 0.25) is 0 Å². The minimum atomic E-state index is -4.19. The van der Waals surface area contributed by atoms with Gasteiger partial charge in [0.1, 0.15) is 30.3 Å². The van der Waals surface area contributed by atoms with Gasteiger partial charge in [0, 0.05) is 23.9 Å². The molecule has 5 rings (SSSR count). The second-order valence-corrected chi connectivity index (χ2v) is 11.2. The van der Waals surface area contributed by atoms with E-state index < -0.39 is 10.0 Å². The van der Waals surface area contributed by atoms with Gasteiger partial charge in [0.15, 0.2) is 0 Å². The molecular weight excluding hydrogens is 558 g/mol. The maximum atomic E-state index is 13.2. The molecule has 0 amide bonds. The molecule has 2 heterocycles. The largest absolute Gasteiger partial charge is 0.497 e. The normalized spacial score (nSPS) is 13.4. The van der Waals surface area contributed by atoms with Crippen molar-refractivity contribution in [3.63, 3.8) is 0 Å². The van der Waals surface area contributed by atoms with Crippen LogP contribution in [0.1, 0.15) is 12.8 Å². The lowest BCUT2D eigenvalue weighted by atomic mass is 10.1. The second kappa shape index (κ2) is 13.3. The van der Waals surface area contributed by atoms with Crippen molar-refractivity contribution in [1.29, 1.82) is 0 Å². The summed E-state index contributed by atoms with van der Waals surface area (Å²) in [5.74, 6) is 1.85. The molecule has 0 saturated carbocycles. The Morgan fingerprint density at radius 1 is 0.929 bits per heavy atom. The summed E-state index contributed by atoms with van der Waals surface area (Å²) in [4.78, 5) is 27.0. The number of anilines is 3. The van der Waals surface area contributed by atoms with Gasteiger partial charge in [-0.3, -0.25) is 9.69 Å². The van der Waals surface area contributed by atoms with Gasteiger partial charge in [0.25, 0.3) is 10.0 Å². The summed E-state index contributed by atoms with van der Waals surface area (Å²) in [7, 11) is -2.71. The van der Waals surface area contributed by atoms with Gasteiger partial charge in [0.2, 0.25) is 0 Å². The van der Waals surface area contributed by atoms with Crippen molar-refractivity contribution in [2.75, 3.05) is 43.1 Å². The molecule has 4 aromatic rings. The summed E-state index contributed by atoms with van der Waals surface area (Å²) in [5.41, 5.74) is 2.41. The average molecular weight is 590 g/mol. The molecule has 3 aromatic carbocycles. The predicted octanol–water partition coefficient (Wildman–Crippen LogP) is 4.65. The molecule has 1 N–H and O–H groups in total. The van der Waals surface area contributed by atoms with E-state index in [-0.39, 0.29) is 17.1 Å². The molecule has 1 aliphatic heterocycles. The molecule has 1 saturated heterocycles. The number of ether oxygens (including phenoxy) is 2. The summed E-state index contributed by atoms with van der Waals surface area (Å²) in [6.45, 7) is 3.95. The van der Waals surface area contributed by atoms with Crippen LogP contribution in [0.25, 0.3) is 11.3 Å². The highest BCUT2D eigenvalue weighted by Gasteiger charge is 2.27. The molecule has 0 aliphatic carbocycles. The van der Waals surface area contributed by atoms with E-state index in [1.54, 1.807) is 12.1 Å². The second-order valence-electron chi connectivity index (χ2n) is 9.49. The number of carbonyl (C=O) groups is 1. The summed E-state index contributed by atoms with van der Waals surface area (Å²) in [5, 5.41) is 3.19. The number of carbonyl (C=O) groups excluding carboxylic acids is 1. The third-order valence-electron chi connectivity index (χ3n) is 6.76. The van der Waals surface area contributed by atoms with E-state index in [1.807, 2.05) is 30.3 Å². The first kappa shape index (κ1) is 28.8. The van der Waals surface area contributed by atoms with Gasteiger partial charge in [-0.2, -0.15) is 8.42 Å². The van der Waals surface area contributed by atoms with Crippen LogP contribution < -0.4 is 19.3 Å². The summed E-state index contributed by atoms with van der Waals surface area (Å²) in [6.07, 6.45) is 3.99. The molecule has 0 radical (unpaired) electrons. The van der Waals surface area contributed by atoms with E-state index in [9.17, 15) is 13.2 Å². The molecule has 0 spiro atoms. The highest BCUT2D eigenvalue weighted by molar-refractivity contribution is 7.92. The van der Waals surface area contributed by atoms with Crippen LogP contribution in [0, 0.1) is 0 Å². The number of benzene rings is 3. The van der Waals surface area contributed by atoms with E-state index in [0.717, 1.165) is 36.6 Å². The lowest BCUT2D eigenvalue weighted by Crippen LogP contribution is -2.30. The van der Waals surface area contributed by atoms with Gasteiger partial charge in [-0.05, 0) is 98.7 Å². The average Bonchev–Trinajstić information content (AvgIpc) is 3.54. The predicted molar refractivity (Wildman–Crippen MR) is 158 cm³/mol. The zero-order chi connectivity index (χ0) is 29.4. The van der Waals surface area contributed by atoms with Crippen molar-refractivity contribution in [1.82, 2.24) is 14.9 Å². The van der Waals surface area contributed by atoms with Gasteiger partial charge >= 0.3 is 6.47 Å². The third-order valence-corrected chi connectivity index (χ3v) is 8.36.